The summed E-state index contributed by atoms with van der Waals surface area (Å²) in [7, 11) is -4.05. The standard InChI is InChI=1S/C58H35NO2S/c60-62(52-29-12-7-21-41(52)42-22-8-13-30-53(42)62)54-31-14-9-23-43(54)44-33-32-37(34-55(44)62)38-18-3-4-24-45(38)57-56-46-25-5-10-26-49(46)59(48-27-15-17-36-16-1-2-19-39(36)48)50(56)35-47-40-20-6-11-28-51(40)61-58(47)57/h1-35H. The topological polar surface area (TPSA) is 35.1 Å². The summed E-state index contributed by atoms with van der Waals surface area (Å²) in [5, 5.41) is 6.80. The van der Waals surface area contributed by atoms with Crippen molar-refractivity contribution in [1.29, 1.82) is 0 Å². The highest BCUT2D eigenvalue weighted by molar-refractivity contribution is 8.21. The molecule has 0 amide bonds. The number of benzene rings is 10. The lowest BCUT2D eigenvalue weighted by Gasteiger charge is -2.39. The Labute approximate surface area is 357 Å². The number of hydrogen-bond acceptors (Lipinski definition) is 2. The van der Waals surface area contributed by atoms with E-state index < -0.39 is 9.07 Å². The molecule has 0 N–H and O–H groups in total. The molecule has 4 heteroatoms. The maximum atomic E-state index is 17.4. The molecule has 0 aliphatic carbocycles. The lowest BCUT2D eigenvalue weighted by molar-refractivity contribution is 0.658. The molecule has 12 aromatic rings. The minimum absolute atomic E-state index is 0.850. The maximum absolute atomic E-state index is 17.4. The van der Waals surface area contributed by atoms with E-state index in [1.165, 1.54) is 10.8 Å². The Kier molecular flexibility index (Phi) is 6.54. The first-order valence-electron chi connectivity index (χ1n) is 21.2. The summed E-state index contributed by atoms with van der Waals surface area (Å²) in [4.78, 5) is 3.53. The number of hydrogen-bond donors (Lipinski definition) is 0. The second-order valence-electron chi connectivity index (χ2n) is 16.7. The zero-order valence-corrected chi connectivity index (χ0v) is 34.2. The minimum atomic E-state index is -4.05. The average Bonchev–Trinajstić information content (AvgIpc) is 4.02. The van der Waals surface area contributed by atoms with Gasteiger partial charge < -0.3 is 8.98 Å². The van der Waals surface area contributed by atoms with Gasteiger partial charge in [-0.1, -0.05) is 164 Å². The minimum Gasteiger partial charge on any atom is -0.455 e. The molecule has 0 bridgehead atoms. The van der Waals surface area contributed by atoms with Gasteiger partial charge in [0.1, 0.15) is 11.2 Å². The molecule has 1 spiro atoms. The summed E-state index contributed by atoms with van der Waals surface area (Å²) in [5.74, 6) is 0. The van der Waals surface area contributed by atoms with Crippen molar-refractivity contribution < 1.29 is 8.63 Å². The molecule has 2 aliphatic heterocycles. The molecule has 3 nitrogen and oxygen atoms in total. The quantitative estimate of drug-likeness (QED) is 0.178. The van der Waals surface area contributed by atoms with Gasteiger partial charge in [-0.05, 0) is 92.9 Å². The van der Waals surface area contributed by atoms with Gasteiger partial charge in [-0.25, -0.2) is 0 Å². The van der Waals surface area contributed by atoms with E-state index in [1.807, 2.05) is 24.3 Å². The Morgan fingerprint density at radius 3 is 1.66 bits per heavy atom. The Morgan fingerprint density at radius 1 is 0.387 bits per heavy atom. The Hall–Kier alpha value is -7.79. The molecule has 0 fully saturated rings. The number of furan rings is 1. The van der Waals surface area contributed by atoms with Crippen molar-refractivity contribution in [3.8, 4) is 50.2 Å². The fourth-order valence-corrected chi connectivity index (χ4v) is 16.4. The van der Waals surface area contributed by atoms with E-state index >= 15 is 4.21 Å². The third kappa shape index (κ3) is 4.03. The number of fused-ring (bicyclic) bond motifs is 17. The van der Waals surface area contributed by atoms with Gasteiger partial charge in [0, 0.05) is 61.1 Å². The van der Waals surface area contributed by atoms with Crippen molar-refractivity contribution in [3.05, 3.63) is 212 Å². The molecule has 0 radical (unpaired) electrons. The Morgan fingerprint density at radius 2 is 0.935 bits per heavy atom. The smallest absolute Gasteiger partial charge is 0.144 e. The van der Waals surface area contributed by atoms with E-state index in [9.17, 15) is 0 Å². The van der Waals surface area contributed by atoms with Crippen LogP contribution in [0.15, 0.2) is 236 Å². The maximum Gasteiger partial charge on any atom is 0.144 e. The largest absolute Gasteiger partial charge is 0.455 e. The van der Waals surface area contributed by atoms with E-state index in [-0.39, 0.29) is 0 Å². The predicted octanol–water partition coefficient (Wildman–Crippen LogP) is 15.5. The van der Waals surface area contributed by atoms with Crippen molar-refractivity contribution >= 4 is 63.6 Å². The van der Waals surface area contributed by atoms with Crippen LogP contribution >= 0.6 is 0 Å². The highest BCUT2D eigenvalue weighted by Crippen LogP contribution is 2.71. The van der Waals surface area contributed by atoms with Crippen LogP contribution in [-0.4, -0.2) is 8.78 Å². The molecule has 10 aromatic carbocycles. The van der Waals surface area contributed by atoms with Gasteiger partial charge in [-0.3, -0.25) is 4.21 Å². The van der Waals surface area contributed by atoms with Crippen LogP contribution in [0.2, 0.25) is 0 Å². The second-order valence-corrected chi connectivity index (χ2v) is 20.3. The molecular weight excluding hydrogens is 775 g/mol. The highest BCUT2D eigenvalue weighted by Gasteiger charge is 2.57. The van der Waals surface area contributed by atoms with Gasteiger partial charge in [-0.15, -0.1) is 0 Å². The van der Waals surface area contributed by atoms with Crippen LogP contribution in [0, 0.1) is 0 Å². The van der Waals surface area contributed by atoms with Crippen molar-refractivity contribution in [1.82, 2.24) is 4.57 Å². The fraction of sp³-hybridized carbons (Fsp3) is 0. The predicted molar refractivity (Wildman–Crippen MR) is 255 cm³/mol. The summed E-state index contributed by atoms with van der Waals surface area (Å²) >= 11 is 0. The summed E-state index contributed by atoms with van der Waals surface area (Å²) in [6.07, 6.45) is 0. The third-order valence-electron chi connectivity index (χ3n) is 13.7. The van der Waals surface area contributed by atoms with Crippen molar-refractivity contribution in [2.45, 2.75) is 19.6 Å². The third-order valence-corrected chi connectivity index (χ3v) is 18.5. The monoisotopic (exact) mass is 809 g/mol. The average molecular weight is 810 g/mol. The zero-order chi connectivity index (χ0) is 40.8. The molecule has 62 heavy (non-hydrogen) atoms. The Bertz CT molecular complexity index is 3940. The molecule has 0 atom stereocenters. The van der Waals surface area contributed by atoms with Crippen LogP contribution in [0.5, 0.6) is 0 Å². The molecule has 0 saturated heterocycles. The van der Waals surface area contributed by atoms with Crippen LogP contribution in [0.3, 0.4) is 0 Å². The van der Waals surface area contributed by atoms with E-state index in [4.69, 9.17) is 4.42 Å². The summed E-state index contributed by atoms with van der Waals surface area (Å²) < 4.78 is 26.9. The lowest BCUT2D eigenvalue weighted by atomic mass is 9.90. The van der Waals surface area contributed by atoms with Crippen molar-refractivity contribution in [2.24, 2.45) is 0 Å². The Balaban J connectivity index is 1.11. The molecule has 2 aliphatic rings. The first kappa shape index (κ1) is 34.0. The van der Waals surface area contributed by atoms with Gasteiger partial charge >= 0.3 is 0 Å². The molecule has 2 aromatic heterocycles. The fourth-order valence-electron chi connectivity index (χ4n) is 11.2. The van der Waals surface area contributed by atoms with E-state index in [2.05, 4.69) is 193 Å². The van der Waals surface area contributed by atoms with E-state index in [1.54, 1.807) is 0 Å². The van der Waals surface area contributed by atoms with Gasteiger partial charge in [-0.2, -0.15) is 0 Å². The highest BCUT2D eigenvalue weighted by atomic mass is 32.3. The van der Waals surface area contributed by atoms with E-state index in [0.29, 0.717) is 0 Å². The molecule has 4 heterocycles. The number of para-hydroxylation sites is 2. The summed E-state index contributed by atoms with van der Waals surface area (Å²) in [5.41, 5.74) is 13.3. The van der Waals surface area contributed by atoms with Crippen molar-refractivity contribution in [2.75, 3.05) is 0 Å². The molecule has 0 saturated carbocycles. The van der Waals surface area contributed by atoms with Crippen LogP contribution in [0.1, 0.15) is 0 Å². The molecule has 0 unspecified atom stereocenters. The molecule has 14 rings (SSSR count). The van der Waals surface area contributed by atoms with Gasteiger partial charge in [0.15, 0.2) is 0 Å². The number of nitrogens with zero attached hydrogens (tertiary/aromatic N) is 1. The van der Waals surface area contributed by atoms with E-state index in [0.717, 1.165) is 114 Å². The first-order valence-corrected chi connectivity index (χ1v) is 23.1. The van der Waals surface area contributed by atoms with Crippen LogP contribution < -0.4 is 0 Å². The number of aromatic nitrogens is 1. The number of rotatable bonds is 3. The zero-order valence-electron chi connectivity index (χ0n) is 33.4. The normalized spacial score (nSPS) is 14.9. The van der Waals surface area contributed by atoms with Gasteiger partial charge in [0.25, 0.3) is 0 Å². The second kappa shape index (κ2) is 11.9. The summed E-state index contributed by atoms with van der Waals surface area (Å²) in [6.45, 7) is 0. The SMILES string of the molecule is O=S12(c3ccccc3-c3ccccc31)c1ccccc1-c1ccc(-c3ccccc3-c3c4oc5ccccc5c4cc4c3c3ccccc3n4-c3cccc4ccccc34)cc12. The van der Waals surface area contributed by atoms with Gasteiger partial charge in [0.05, 0.1) is 16.7 Å². The lowest BCUT2D eigenvalue weighted by Crippen LogP contribution is -2.30. The van der Waals surface area contributed by atoms with Crippen LogP contribution in [0.25, 0.3) is 105 Å². The molecular formula is C58H35NO2S. The van der Waals surface area contributed by atoms with Gasteiger partial charge in [0.2, 0.25) is 0 Å². The molecule has 290 valence electrons. The first-order chi connectivity index (χ1) is 30.6. The van der Waals surface area contributed by atoms with Crippen molar-refractivity contribution in [3.63, 3.8) is 0 Å². The van der Waals surface area contributed by atoms with Crippen LogP contribution in [-0.2, 0) is 9.07 Å². The van der Waals surface area contributed by atoms with Crippen LogP contribution in [0.4, 0.5) is 0 Å². The summed E-state index contributed by atoms with van der Waals surface area (Å²) in [6, 6.07) is 75.1.